The Kier molecular flexibility index (Phi) is 5.24. The fourth-order valence-corrected chi connectivity index (χ4v) is 2.55. The Morgan fingerprint density at radius 2 is 2.18 bits per heavy atom. The first-order valence-electron chi connectivity index (χ1n) is 8.13. The van der Waals surface area contributed by atoms with Gasteiger partial charge in [0.1, 0.15) is 5.82 Å². The number of hydrogen-bond donors (Lipinski definition) is 2. The van der Waals surface area contributed by atoms with E-state index in [0.29, 0.717) is 24.0 Å². The molecule has 1 saturated heterocycles. The smallest absolute Gasteiger partial charge is 0.255 e. The molecule has 0 atom stereocenters. The molecule has 120 valence electrons. The molecule has 0 spiro atoms. The quantitative estimate of drug-likeness (QED) is 0.739. The zero-order valence-electron chi connectivity index (χ0n) is 12.9. The van der Waals surface area contributed by atoms with Crippen LogP contribution in [0.3, 0.4) is 0 Å². The van der Waals surface area contributed by atoms with E-state index in [9.17, 15) is 4.79 Å². The van der Waals surface area contributed by atoms with Gasteiger partial charge in [-0.15, -0.1) is 0 Å². The van der Waals surface area contributed by atoms with Crippen LogP contribution in [0.1, 0.15) is 29.6 Å². The van der Waals surface area contributed by atoms with Crippen molar-refractivity contribution in [1.82, 2.24) is 15.2 Å². The van der Waals surface area contributed by atoms with E-state index in [-0.39, 0.29) is 5.91 Å². The van der Waals surface area contributed by atoms with E-state index >= 15 is 0 Å². The molecule has 1 amide bonds. The molecule has 1 aromatic rings. The lowest BCUT2D eigenvalue weighted by atomic mass is 10.2. The summed E-state index contributed by atoms with van der Waals surface area (Å²) in [7, 11) is 0. The predicted molar refractivity (Wildman–Crippen MR) is 85.1 cm³/mol. The molecule has 2 aliphatic rings. The third kappa shape index (κ3) is 4.42. The van der Waals surface area contributed by atoms with Crippen LogP contribution in [0.4, 0.5) is 5.82 Å². The zero-order valence-corrected chi connectivity index (χ0v) is 12.9. The highest BCUT2D eigenvalue weighted by Crippen LogP contribution is 2.25. The number of ether oxygens (including phenoxy) is 1. The second-order valence-electron chi connectivity index (χ2n) is 5.88. The van der Waals surface area contributed by atoms with Crippen LogP contribution in [0, 0.1) is 0 Å². The number of morpholine rings is 1. The maximum Gasteiger partial charge on any atom is 0.255 e. The Balaban J connectivity index is 1.43. The molecule has 1 aliphatic heterocycles. The van der Waals surface area contributed by atoms with E-state index in [1.165, 1.54) is 0 Å². The summed E-state index contributed by atoms with van der Waals surface area (Å²) in [5, 5.41) is 6.31. The van der Waals surface area contributed by atoms with Gasteiger partial charge in [-0.3, -0.25) is 9.69 Å². The Morgan fingerprint density at radius 3 is 2.95 bits per heavy atom. The molecule has 2 heterocycles. The molecule has 0 aromatic carbocycles. The third-order valence-corrected chi connectivity index (χ3v) is 4.01. The molecule has 3 rings (SSSR count). The molecule has 2 fully saturated rings. The van der Waals surface area contributed by atoms with Gasteiger partial charge >= 0.3 is 0 Å². The topological polar surface area (TPSA) is 66.5 Å². The van der Waals surface area contributed by atoms with Crippen LogP contribution in [-0.4, -0.2) is 61.2 Å². The first-order valence-corrected chi connectivity index (χ1v) is 8.13. The van der Waals surface area contributed by atoms with Crippen LogP contribution in [0.2, 0.25) is 0 Å². The van der Waals surface area contributed by atoms with Gasteiger partial charge in [0.25, 0.3) is 5.91 Å². The Labute approximate surface area is 131 Å². The summed E-state index contributed by atoms with van der Waals surface area (Å²) < 4.78 is 5.33. The van der Waals surface area contributed by atoms with Gasteiger partial charge in [-0.05, 0) is 37.9 Å². The largest absolute Gasteiger partial charge is 0.379 e. The monoisotopic (exact) mass is 304 g/mol. The van der Waals surface area contributed by atoms with Crippen molar-refractivity contribution in [2.75, 3.05) is 44.7 Å². The minimum absolute atomic E-state index is 0.0433. The van der Waals surface area contributed by atoms with Crippen molar-refractivity contribution >= 4 is 11.7 Å². The van der Waals surface area contributed by atoms with E-state index in [1.807, 2.05) is 6.07 Å². The van der Waals surface area contributed by atoms with E-state index in [4.69, 9.17) is 4.74 Å². The molecule has 1 aliphatic carbocycles. The summed E-state index contributed by atoms with van der Waals surface area (Å²) in [6.07, 6.45) is 5.01. The zero-order chi connectivity index (χ0) is 15.2. The van der Waals surface area contributed by atoms with Crippen LogP contribution in [-0.2, 0) is 4.74 Å². The minimum atomic E-state index is -0.0433. The molecule has 0 bridgehead atoms. The lowest BCUT2D eigenvalue weighted by Crippen LogP contribution is -2.38. The number of hydrogen-bond acceptors (Lipinski definition) is 5. The molecule has 1 aromatic heterocycles. The molecule has 6 nitrogen and oxygen atoms in total. The number of rotatable bonds is 7. The molecule has 0 unspecified atom stereocenters. The molecule has 6 heteroatoms. The lowest BCUT2D eigenvalue weighted by Gasteiger charge is -2.26. The van der Waals surface area contributed by atoms with E-state index < -0.39 is 0 Å². The number of nitrogens with one attached hydrogen (secondary N) is 2. The summed E-state index contributed by atoms with van der Waals surface area (Å²) in [5.74, 6) is 0.661. The van der Waals surface area contributed by atoms with E-state index in [0.717, 1.165) is 52.1 Å². The van der Waals surface area contributed by atoms with Crippen molar-refractivity contribution in [3.8, 4) is 0 Å². The minimum Gasteiger partial charge on any atom is -0.379 e. The molecule has 0 radical (unpaired) electrons. The van der Waals surface area contributed by atoms with Crippen LogP contribution < -0.4 is 10.6 Å². The van der Waals surface area contributed by atoms with Crippen molar-refractivity contribution in [3.63, 3.8) is 0 Å². The second kappa shape index (κ2) is 7.56. The Morgan fingerprint density at radius 1 is 1.36 bits per heavy atom. The number of carbonyl (C=O) groups is 1. The van der Waals surface area contributed by atoms with Gasteiger partial charge in [0, 0.05) is 31.9 Å². The lowest BCUT2D eigenvalue weighted by molar-refractivity contribution is 0.0374. The molecule has 22 heavy (non-hydrogen) atoms. The SMILES string of the molecule is O=C(NCCCN1CCOCC1)c1cccnc1NC1CC1. The van der Waals surface area contributed by atoms with Crippen molar-refractivity contribution in [3.05, 3.63) is 23.9 Å². The highest BCUT2D eigenvalue weighted by molar-refractivity contribution is 5.98. The third-order valence-electron chi connectivity index (χ3n) is 4.01. The Bertz CT molecular complexity index is 499. The first kappa shape index (κ1) is 15.2. The van der Waals surface area contributed by atoms with Crippen molar-refractivity contribution < 1.29 is 9.53 Å². The first-order chi connectivity index (χ1) is 10.8. The van der Waals surface area contributed by atoms with Gasteiger partial charge in [-0.2, -0.15) is 0 Å². The number of amides is 1. The molecular formula is C16H24N4O2. The van der Waals surface area contributed by atoms with Gasteiger partial charge in [0.05, 0.1) is 18.8 Å². The summed E-state index contributed by atoms with van der Waals surface area (Å²) in [4.78, 5) is 19.0. The maximum atomic E-state index is 12.3. The number of pyridine rings is 1. The number of anilines is 1. The highest BCUT2D eigenvalue weighted by atomic mass is 16.5. The van der Waals surface area contributed by atoms with Crippen LogP contribution in [0.15, 0.2) is 18.3 Å². The average Bonchev–Trinajstić information content (AvgIpc) is 3.37. The van der Waals surface area contributed by atoms with Gasteiger partial charge in [-0.25, -0.2) is 4.98 Å². The van der Waals surface area contributed by atoms with E-state index in [2.05, 4.69) is 20.5 Å². The number of aromatic nitrogens is 1. The number of carbonyl (C=O) groups excluding carboxylic acids is 1. The van der Waals surface area contributed by atoms with Gasteiger partial charge in [0.2, 0.25) is 0 Å². The predicted octanol–water partition coefficient (Wildman–Crippen LogP) is 1.11. The molecule has 2 N–H and O–H groups in total. The van der Waals surface area contributed by atoms with Gasteiger partial charge in [-0.1, -0.05) is 0 Å². The fraction of sp³-hybridized carbons (Fsp3) is 0.625. The summed E-state index contributed by atoms with van der Waals surface area (Å²) >= 11 is 0. The van der Waals surface area contributed by atoms with E-state index in [1.54, 1.807) is 12.3 Å². The maximum absolute atomic E-state index is 12.3. The van der Waals surface area contributed by atoms with Crippen molar-refractivity contribution in [2.45, 2.75) is 25.3 Å². The second-order valence-corrected chi connectivity index (χ2v) is 5.88. The van der Waals surface area contributed by atoms with Crippen molar-refractivity contribution in [2.24, 2.45) is 0 Å². The van der Waals surface area contributed by atoms with Crippen molar-refractivity contribution in [1.29, 1.82) is 0 Å². The fourth-order valence-electron chi connectivity index (χ4n) is 2.55. The van der Waals surface area contributed by atoms with Gasteiger partial charge < -0.3 is 15.4 Å². The van der Waals surface area contributed by atoms with Gasteiger partial charge in [0.15, 0.2) is 0 Å². The Hall–Kier alpha value is -1.66. The summed E-state index contributed by atoms with van der Waals surface area (Å²) in [5.41, 5.74) is 0.640. The van der Waals surface area contributed by atoms with Crippen LogP contribution in [0.5, 0.6) is 0 Å². The molecular weight excluding hydrogens is 280 g/mol. The number of nitrogens with zero attached hydrogens (tertiary/aromatic N) is 2. The van der Waals surface area contributed by atoms with Crippen LogP contribution in [0.25, 0.3) is 0 Å². The van der Waals surface area contributed by atoms with Crippen LogP contribution >= 0.6 is 0 Å². The highest BCUT2D eigenvalue weighted by Gasteiger charge is 2.23. The molecule has 1 saturated carbocycles. The summed E-state index contributed by atoms with van der Waals surface area (Å²) in [6, 6.07) is 4.12. The average molecular weight is 304 g/mol. The standard InChI is InChI=1S/C16H24N4O2/c21-16(18-7-2-8-20-9-11-22-12-10-20)14-3-1-6-17-15(14)19-13-4-5-13/h1,3,6,13H,2,4-5,7-12H2,(H,17,19)(H,18,21). The summed E-state index contributed by atoms with van der Waals surface area (Å²) in [6.45, 7) is 5.31. The normalized spacial score (nSPS) is 18.9.